The van der Waals surface area contributed by atoms with Crippen LogP contribution in [0.1, 0.15) is 16.8 Å². The molecule has 0 aliphatic carbocycles. The molecule has 5 heteroatoms. The van der Waals surface area contributed by atoms with Crippen molar-refractivity contribution in [1.29, 1.82) is 0 Å². The van der Waals surface area contributed by atoms with Crippen LogP contribution in [0.25, 0.3) is 10.9 Å². The highest BCUT2D eigenvalue weighted by molar-refractivity contribution is 6.06. The van der Waals surface area contributed by atoms with E-state index in [-0.39, 0.29) is 12.4 Å². The van der Waals surface area contributed by atoms with Crippen LogP contribution in [-0.4, -0.2) is 23.6 Å². The van der Waals surface area contributed by atoms with Crippen molar-refractivity contribution in [3.63, 3.8) is 0 Å². The van der Waals surface area contributed by atoms with Crippen molar-refractivity contribution >= 4 is 22.8 Å². The first-order valence-electron chi connectivity index (χ1n) is 5.58. The number of aryl methyl sites for hydroxylation is 1. The molecule has 18 heavy (non-hydrogen) atoms. The molecular formula is C13H14N2O3. The van der Waals surface area contributed by atoms with Gasteiger partial charge in [0.15, 0.2) is 0 Å². The molecule has 1 amide bonds. The van der Waals surface area contributed by atoms with Crippen LogP contribution in [0, 0.1) is 0 Å². The number of nitrogens with two attached hydrogens (primary N) is 1. The number of amides is 1. The molecule has 0 saturated heterocycles. The molecule has 1 aromatic heterocycles. The lowest BCUT2D eigenvalue weighted by atomic mass is 10.2. The van der Waals surface area contributed by atoms with Crippen LogP contribution in [0.15, 0.2) is 30.5 Å². The van der Waals surface area contributed by atoms with Crippen molar-refractivity contribution in [3.8, 4) is 0 Å². The summed E-state index contributed by atoms with van der Waals surface area (Å²) in [6.45, 7) is 0.459. The van der Waals surface area contributed by atoms with E-state index in [0.717, 1.165) is 10.9 Å². The molecule has 2 aromatic rings. The standard InChI is InChI=1S/C13H14N2O3/c1-18-12(16)6-7-15-8-10(13(14)17)9-4-2-3-5-11(9)15/h2-5,8H,6-7H2,1H3,(H2,14,17). The second-order valence-electron chi connectivity index (χ2n) is 3.94. The van der Waals surface area contributed by atoms with Gasteiger partial charge in [-0.05, 0) is 6.07 Å². The maximum Gasteiger partial charge on any atom is 0.307 e. The predicted octanol–water partition coefficient (Wildman–Crippen LogP) is 1.30. The van der Waals surface area contributed by atoms with Gasteiger partial charge < -0.3 is 15.0 Å². The van der Waals surface area contributed by atoms with Crippen LogP contribution in [0.4, 0.5) is 0 Å². The van der Waals surface area contributed by atoms with Crippen LogP contribution >= 0.6 is 0 Å². The number of hydrogen-bond acceptors (Lipinski definition) is 3. The molecule has 0 aliphatic rings. The highest BCUT2D eigenvalue weighted by Crippen LogP contribution is 2.21. The molecular weight excluding hydrogens is 232 g/mol. The minimum atomic E-state index is -0.469. The minimum absolute atomic E-state index is 0.257. The Morgan fingerprint density at radius 3 is 2.72 bits per heavy atom. The molecule has 0 atom stereocenters. The smallest absolute Gasteiger partial charge is 0.307 e. The monoisotopic (exact) mass is 246 g/mol. The van der Waals surface area contributed by atoms with E-state index < -0.39 is 5.91 Å². The molecule has 0 radical (unpaired) electrons. The minimum Gasteiger partial charge on any atom is -0.469 e. The van der Waals surface area contributed by atoms with Gasteiger partial charge in [-0.2, -0.15) is 0 Å². The highest BCUT2D eigenvalue weighted by atomic mass is 16.5. The van der Waals surface area contributed by atoms with Crippen LogP contribution in [0.2, 0.25) is 0 Å². The highest BCUT2D eigenvalue weighted by Gasteiger charge is 2.12. The largest absolute Gasteiger partial charge is 0.469 e. The van der Waals surface area contributed by atoms with Crippen LogP contribution < -0.4 is 5.73 Å². The van der Waals surface area contributed by atoms with Gasteiger partial charge in [-0.1, -0.05) is 18.2 Å². The van der Waals surface area contributed by atoms with E-state index in [0.29, 0.717) is 12.1 Å². The Morgan fingerprint density at radius 1 is 1.33 bits per heavy atom. The van der Waals surface area contributed by atoms with Gasteiger partial charge in [0, 0.05) is 23.6 Å². The lowest BCUT2D eigenvalue weighted by Crippen LogP contribution is -2.10. The normalized spacial score (nSPS) is 10.5. The molecule has 1 aromatic carbocycles. The SMILES string of the molecule is COC(=O)CCn1cc(C(N)=O)c2ccccc21. The lowest BCUT2D eigenvalue weighted by molar-refractivity contribution is -0.140. The number of esters is 1. The Hall–Kier alpha value is -2.30. The molecule has 0 bridgehead atoms. The van der Waals surface area contributed by atoms with Crippen molar-refractivity contribution < 1.29 is 14.3 Å². The van der Waals surface area contributed by atoms with Crippen molar-refractivity contribution in [1.82, 2.24) is 4.57 Å². The van der Waals surface area contributed by atoms with E-state index in [1.165, 1.54) is 7.11 Å². The fourth-order valence-electron chi connectivity index (χ4n) is 1.94. The third kappa shape index (κ3) is 2.20. The summed E-state index contributed by atoms with van der Waals surface area (Å²) in [6.07, 6.45) is 1.93. The molecule has 94 valence electrons. The number of para-hydroxylation sites is 1. The molecule has 0 fully saturated rings. The number of fused-ring (bicyclic) bond motifs is 1. The Labute approximate surface area is 104 Å². The third-order valence-corrected chi connectivity index (χ3v) is 2.84. The Bertz CT molecular complexity index is 601. The molecule has 1 heterocycles. The average molecular weight is 246 g/mol. The summed E-state index contributed by atoms with van der Waals surface area (Å²) in [4.78, 5) is 22.5. The summed E-state index contributed by atoms with van der Waals surface area (Å²) < 4.78 is 6.43. The van der Waals surface area contributed by atoms with Gasteiger partial charge in [0.05, 0.1) is 19.1 Å². The third-order valence-electron chi connectivity index (χ3n) is 2.84. The Balaban J connectivity index is 2.39. The van der Waals surface area contributed by atoms with Gasteiger partial charge >= 0.3 is 5.97 Å². The first kappa shape index (κ1) is 12.2. The van der Waals surface area contributed by atoms with E-state index in [2.05, 4.69) is 4.74 Å². The number of carbonyl (C=O) groups is 2. The number of carbonyl (C=O) groups excluding carboxylic acids is 2. The fraction of sp³-hybridized carbons (Fsp3) is 0.231. The van der Waals surface area contributed by atoms with E-state index >= 15 is 0 Å². The van der Waals surface area contributed by atoms with Gasteiger partial charge in [0.2, 0.25) is 0 Å². The van der Waals surface area contributed by atoms with E-state index in [1.807, 2.05) is 28.8 Å². The molecule has 2 N–H and O–H groups in total. The number of primary amides is 1. The van der Waals surface area contributed by atoms with E-state index in [1.54, 1.807) is 6.20 Å². The first-order chi connectivity index (χ1) is 8.63. The van der Waals surface area contributed by atoms with E-state index in [9.17, 15) is 9.59 Å². The zero-order chi connectivity index (χ0) is 13.1. The molecule has 0 saturated carbocycles. The zero-order valence-electron chi connectivity index (χ0n) is 10.1. The summed E-state index contributed by atoms with van der Waals surface area (Å²) in [5.41, 5.74) is 6.68. The van der Waals surface area contributed by atoms with Gasteiger partial charge in [-0.3, -0.25) is 9.59 Å². The maximum atomic E-state index is 11.3. The first-order valence-corrected chi connectivity index (χ1v) is 5.58. The Morgan fingerprint density at radius 2 is 2.06 bits per heavy atom. The second kappa shape index (κ2) is 4.91. The van der Waals surface area contributed by atoms with Crippen LogP contribution in [0.5, 0.6) is 0 Å². The quantitative estimate of drug-likeness (QED) is 0.826. The molecule has 2 rings (SSSR count). The number of hydrogen-bond donors (Lipinski definition) is 1. The maximum absolute atomic E-state index is 11.3. The lowest BCUT2D eigenvalue weighted by Gasteiger charge is -2.03. The summed E-state index contributed by atoms with van der Waals surface area (Å²) in [7, 11) is 1.35. The number of ether oxygens (including phenoxy) is 1. The molecule has 5 nitrogen and oxygen atoms in total. The number of aromatic nitrogens is 1. The topological polar surface area (TPSA) is 74.3 Å². The van der Waals surface area contributed by atoms with Gasteiger partial charge in [0.25, 0.3) is 5.91 Å². The van der Waals surface area contributed by atoms with Gasteiger partial charge in [-0.25, -0.2) is 0 Å². The van der Waals surface area contributed by atoms with E-state index in [4.69, 9.17) is 5.73 Å². The summed E-state index contributed by atoms with van der Waals surface area (Å²) in [5, 5.41) is 0.801. The number of benzene rings is 1. The number of nitrogens with zero attached hydrogens (tertiary/aromatic N) is 1. The van der Waals surface area contributed by atoms with Crippen molar-refractivity contribution in [2.24, 2.45) is 5.73 Å². The fourth-order valence-corrected chi connectivity index (χ4v) is 1.94. The van der Waals surface area contributed by atoms with Gasteiger partial charge in [0.1, 0.15) is 0 Å². The molecule has 0 aliphatic heterocycles. The molecule has 0 spiro atoms. The second-order valence-corrected chi connectivity index (χ2v) is 3.94. The summed E-state index contributed by atoms with van der Waals surface area (Å²) in [5.74, 6) is -0.753. The Kier molecular flexibility index (Phi) is 3.32. The van der Waals surface area contributed by atoms with Crippen LogP contribution in [0.3, 0.4) is 0 Å². The number of methoxy groups -OCH3 is 1. The van der Waals surface area contributed by atoms with Crippen molar-refractivity contribution in [2.45, 2.75) is 13.0 Å². The summed E-state index contributed by atoms with van der Waals surface area (Å²) >= 11 is 0. The van der Waals surface area contributed by atoms with Crippen molar-refractivity contribution in [3.05, 3.63) is 36.0 Å². The predicted molar refractivity (Wildman–Crippen MR) is 67.1 cm³/mol. The van der Waals surface area contributed by atoms with Crippen molar-refractivity contribution in [2.75, 3.05) is 7.11 Å². The average Bonchev–Trinajstić information content (AvgIpc) is 2.75. The molecule has 0 unspecified atom stereocenters. The van der Waals surface area contributed by atoms with Crippen LogP contribution in [-0.2, 0) is 16.1 Å². The zero-order valence-corrected chi connectivity index (χ0v) is 10.1. The van der Waals surface area contributed by atoms with Gasteiger partial charge in [-0.15, -0.1) is 0 Å². The number of rotatable bonds is 4. The summed E-state index contributed by atoms with van der Waals surface area (Å²) in [6, 6.07) is 7.45.